The van der Waals surface area contributed by atoms with Gasteiger partial charge in [0.1, 0.15) is 5.02 Å². The van der Waals surface area contributed by atoms with Crippen LogP contribution in [0.15, 0.2) is 23.1 Å². The summed E-state index contributed by atoms with van der Waals surface area (Å²) in [6, 6.07) is 3.20. The first-order chi connectivity index (χ1) is 9.34. The van der Waals surface area contributed by atoms with Crippen molar-refractivity contribution in [1.29, 1.82) is 0 Å². The van der Waals surface area contributed by atoms with Crippen LogP contribution in [0.5, 0.6) is 0 Å². The fraction of sp³-hybridized carbons (Fsp3) is 0.455. The molecule has 1 aliphatic rings. The van der Waals surface area contributed by atoms with Crippen LogP contribution in [0.1, 0.15) is 6.42 Å². The van der Waals surface area contributed by atoms with Crippen molar-refractivity contribution < 1.29 is 18.1 Å². The number of hydrogen-bond donors (Lipinski definition) is 0. The first-order valence-corrected chi connectivity index (χ1v) is 7.65. The predicted octanol–water partition coefficient (Wildman–Crippen LogP) is 1.66. The third-order valence-electron chi connectivity index (χ3n) is 3.21. The molecule has 1 unspecified atom stereocenters. The maximum atomic E-state index is 12.4. The molecular formula is C11H13ClN2O5S. The topological polar surface area (TPSA) is 89.8 Å². The van der Waals surface area contributed by atoms with E-state index in [2.05, 4.69) is 0 Å². The number of nitrogens with zero attached hydrogens (tertiary/aromatic N) is 2. The second-order valence-corrected chi connectivity index (χ2v) is 6.81. The molecule has 1 atom stereocenters. The summed E-state index contributed by atoms with van der Waals surface area (Å²) in [5.41, 5.74) is -0.427. The van der Waals surface area contributed by atoms with E-state index in [0.29, 0.717) is 19.6 Å². The molecule has 0 saturated carbocycles. The Morgan fingerprint density at radius 1 is 1.50 bits per heavy atom. The molecule has 0 amide bonds. The number of hydrogen-bond acceptors (Lipinski definition) is 5. The molecule has 1 heterocycles. The van der Waals surface area contributed by atoms with Crippen LogP contribution >= 0.6 is 11.6 Å². The smallest absolute Gasteiger partial charge is 0.289 e. The summed E-state index contributed by atoms with van der Waals surface area (Å²) < 4.78 is 31.2. The van der Waals surface area contributed by atoms with Crippen LogP contribution in [0.25, 0.3) is 0 Å². The van der Waals surface area contributed by atoms with Gasteiger partial charge in [0.2, 0.25) is 10.0 Å². The molecule has 0 aliphatic carbocycles. The second-order valence-electron chi connectivity index (χ2n) is 4.41. The zero-order valence-corrected chi connectivity index (χ0v) is 12.2. The molecule has 1 fully saturated rings. The van der Waals surface area contributed by atoms with Crippen molar-refractivity contribution in [3.05, 3.63) is 33.3 Å². The van der Waals surface area contributed by atoms with E-state index in [-0.39, 0.29) is 16.0 Å². The van der Waals surface area contributed by atoms with Gasteiger partial charge in [-0.05, 0) is 18.6 Å². The summed E-state index contributed by atoms with van der Waals surface area (Å²) in [4.78, 5) is 9.96. The molecule has 9 heteroatoms. The fourth-order valence-electron chi connectivity index (χ4n) is 1.96. The van der Waals surface area contributed by atoms with Gasteiger partial charge in [0.25, 0.3) is 5.69 Å². The predicted molar refractivity (Wildman–Crippen MR) is 72.3 cm³/mol. The number of rotatable bonds is 4. The van der Waals surface area contributed by atoms with Crippen molar-refractivity contribution >= 4 is 27.3 Å². The molecule has 1 aromatic rings. The van der Waals surface area contributed by atoms with E-state index in [1.807, 2.05) is 0 Å². The Bertz CT molecular complexity index is 628. The van der Waals surface area contributed by atoms with Crippen LogP contribution in [0.3, 0.4) is 0 Å². The number of sulfonamides is 1. The van der Waals surface area contributed by atoms with Gasteiger partial charge in [-0.3, -0.25) is 10.1 Å². The van der Waals surface area contributed by atoms with Crippen LogP contribution in [-0.4, -0.2) is 43.9 Å². The number of nitro groups is 1. The highest BCUT2D eigenvalue weighted by atomic mass is 35.5. The molecule has 2 rings (SSSR count). The molecule has 7 nitrogen and oxygen atoms in total. The summed E-state index contributed by atoms with van der Waals surface area (Å²) in [5, 5.41) is 10.7. The SMILES string of the molecule is CN(C1CCOC1)S(=O)(=O)c1ccc(Cl)c([N+](=O)[O-])c1. The number of halogens is 1. The van der Waals surface area contributed by atoms with E-state index in [1.54, 1.807) is 0 Å². The average molecular weight is 321 g/mol. The van der Waals surface area contributed by atoms with Crippen LogP contribution < -0.4 is 0 Å². The lowest BCUT2D eigenvalue weighted by atomic mass is 10.3. The van der Waals surface area contributed by atoms with Crippen molar-refractivity contribution in [3.63, 3.8) is 0 Å². The van der Waals surface area contributed by atoms with Crippen molar-refractivity contribution in [1.82, 2.24) is 4.31 Å². The summed E-state index contributed by atoms with van der Waals surface area (Å²) in [6.45, 7) is 0.830. The summed E-state index contributed by atoms with van der Waals surface area (Å²) in [5.74, 6) is 0. The van der Waals surface area contributed by atoms with Crippen LogP contribution in [0.4, 0.5) is 5.69 Å². The molecule has 0 N–H and O–H groups in total. The van der Waals surface area contributed by atoms with E-state index >= 15 is 0 Å². The van der Waals surface area contributed by atoms with Gasteiger partial charge >= 0.3 is 0 Å². The molecule has 0 bridgehead atoms. The molecule has 0 aromatic heterocycles. The largest absolute Gasteiger partial charge is 0.380 e. The minimum atomic E-state index is -3.80. The van der Waals surface area contributed by atoms with Crippen molar-refractivity contribution in [2.75, 3.05) is 20.3 Å². The molecule has 0 spiro atoms. The minimum Gasteiger partial charge on any atom is -0.380 e. The van der Waals surface area contributed by atoms with Gasteiger partial charge in [-0.1, -0.05) is 11.6 Å². The van der Waals surface area contributed by atoms with Gasteiger partial charge in [-0.15, -0.1) is 0 Å². The maximum Gasteiger partial charge on any atom is 0.289 e. The molecule has 110 valence electrons. The van der Waals surface area contributed by atoms with Crippen molar-refractivity contribution in [2.45, 2.75) is 17.4 Å². The van der Waals surface area contributed by atoms with E-state index in [0.717, 1.165) is 6.07 Å². The van der Waals surface area contributed by atoms with Crippen molar-refractivity contribution in [2.24, 2.45) is 0 Å². The molecule has 20 heavy (non-hydrogen) atoms. The number of ether oxygens (including phenoxy) is 1. The monoisotopic (exact) mass is 320 g/mol. The van der Waals surface area contributed by atoms with Gasteiger partial charge in [0.15, 0.2) is 0 Å². The van der Waals surface area contributed by atoms with Gasteiger partial charge in [-0.2, -0.15) is 4.31 Å². The highest BCUT2D eigenvalue weighted by Gasteiger charge is 2.31. The maximum absolute atomic E-state index is 12.4. The quantitative estimate of drug-likeness (QED) is 0.621. The van der Waals surface area contributed by atoms with E-state index in [9.17, 15) is 18.5 Å². The first kappa shape index (κ1) is 15.2. The first-order valence-electron chi connectivity index (χ1n) is 5.84. The Balaban J connectivity index is 2.38. The number of benzene rings is 1. The van der Waals surface area contributed by atoms with Crippen LogP contribution in [0, 0.1) is 10.1 Å². The molecule has 1 saturated heterocycles. The Morgan fingerprint density at radius 3 is 2.75 bits per heavy atom. The van der Waals surface area contributed by atoms with E-state index in [1.165, 1.54) is 23.5 Å². The Morgan fingerprint density at radius 2 is 2.20 bits per heavy atom. The van der Waals surface area contributed by atoms with Gasteiger partial charge in [0.05, 0.1) is 22.5 Å². The normalized spacial score (nSPS) is 19.4. The molecule has 1 aliphatic heterocycles. The summed E-state index contributed by atoms with van der Waals surface area (Å²) in [6.07, 6.45) is 0.603. The van der Waals surface area contributed by atoms with Gasteiger partial charge in [-0.25, -0.2) is 8.42 Å². The number of likely N-dealkylation sites (N-methyl/N-ethyl adjacent to an activating group) is 1. The Labute approximate surface area is 121 Å². The van der Waals surface area contributed by atoms with Gasteiger partial charge < -0.3 is 4.74 Å². The van der Waals surface area contributed by atoms with Gasteiger partial charge in [0, 0.05) is 19.7 Å². The second kappa shape index (κ2) is 5.65. The third-order valence-corrected chi connectivity index (χ3v) is 5.44. The van der Waals surface area contributed by atoms with E-state index < -0.39 is 20.6 Å². The zero-order chi connectivity index (χ0) is 14.9. The lowest BCUT2D eigenvalue weighted by Crippen LogP contribution is -2.37. The average Bonchev–Trinajstić information content (AvgIpc) is 2.91. The third kappa shape index (κ3) is 2.78. The highest BCUT2D eigenvalue weighted by molar-refractivity contribution is 7.89. The standard InChI is InChI=1S/C11H13ClN2O5S/c1-13(8-4-5-19-7-8)20(17,18)9-2-3-10(12)11(6-9)14(15)16/h2-3,6,8H,4-5,7H2,1H3. The highest BCUT2D eigenvalue weighted by Crippen LogP contribution is 2.29. The van der Waals surface area contributed by atoms with Crippen LogP contribution in [0.2, 0.25) is 5.02 Å². The molecule has 0 radical (unpaired) electrons. The Kier molecular flexibility index (Phi) is 4.28. The molecular weight excluding hydrogens is 308 g/mol. The fourth-order valence-corrected chi connectivity index (χ4v) is 3.54. The minimum absolute atomic E-state index is 0.0965. The Hall–Kier alpha value is -1.22. The zero-order valence-electron chi connectivity index (χ0n) is 10.7. The van der Waals surface area contributed by atoms with Crippen LogP contribution in [-0.2, 0) is 14.8 Å². The summed E-state index contributed by atoms with van der Waals surface area (Å²) in [7, 11) is -2.37. The number of nitro benzene ring substituents is 1. The van der Waals surface area contributed by atoms with E-state index in [4.69, 9.17) is 16.3 Å². The molecule has 1 aromatic carbocycles. The lowest BCUT2D eigenvalue weighted by Gasteiger charge is -2.22. The summed E-state index contributed by atoms with van der Waals surface area (Å²) >= 11 is 5.68. The van der Waals surface area contributed by atoms with Crippen molar-refractivity contribution in [3.8, 4) is 0 Å². The lowest BCUT2D eigenvalue weighted by molar-refractivity contribution is -0.384.